The van der Waals surface area contributed by atoms with Gasteiger partial charge in [-0.2, -0.15) is 0 Å². The maximum atomic E-state index is 11.9. The van der Waals surface area contributed by atoms with Gasteiger partial charge < -0.3 is 15.4 Å². The number of nitrogen functional groups attached to an aromatic ring is 1. The minimum atomic E-state index is -3.31. The van der Waals surface area contributed by atoms with Gasteiger partial charge in [0.05, 0.1) is 5.75 Å². The summed E-state index contributed by atoms with van der Waals surface area (Å²) in [4.78, 5) is 2.19. The summed E-state index contributed by atoms with van der Waals surface area (Å²) >= 11 is 0. The van der Waals surface area contributed by atoms with Crippen molar-refractivity contribution >= 4 is 15.7 Å². The van der Waals surface area contributed by atoms with Crippen molar-refractivity contribution in [1.82, 2.24) is 9.62 Å². The largest absolute Gasteiger partial charge is 0.492 e. The molecule has 0 saturated carbocycles. The van der Waals surface area contributed by atoms with Crippen LogP contribution in [0.4, 0.5) is 5.69 Å². The molecule has 1 fully saturated rings. The minimum absolute atomic E-state index is 0.0573. The molecule has 21 heavy (non-hydrogen) atoms. The summed E-state index contributed by atoms with van der Waals surface area (Å²) in [6.07, 6.45) is 2.17. The van der Waals surface area contributed by atoms with Crippen LogP contribution in [0.1, 0.15) is 12.8 Å². The number of anilines is 1. The molecule has 1 aromatic carbocycles. The second-order valence-electron chi connectivity index (χ2n) is 5.36. The third-order valence-electron chi connectivity index (χ3n) is 3.69. The van der Waals surface area contributed by atoms with Crippen LogP contribution in [-0.4, -0.2) is 51.9 Å². The predicted molar refractivity (Wildman–Crippen MR) is 83.8 cm³/mol. The number of benzene rings is 1. The first-order valence-corrected chi connectivity index (χ1v) is 8.77. The molecule has 7 heteroatoms. The molecule has 3 N–H and O–H groups in total. The Labute approximate surface area is 126 Å². The van der Waals surface area contributed by atoms with Crippen molar-refractivity contribution in [1.29, 1.82) is 0 Å². The molecule has 1 unspecified atom stereocenters. The second-order valence-corrected chi connectivity index (χ2v) is 7.29. The standard InChI is InChI=1S/C14H23N3O3S/c1-17-7-3-5-13(17)11-16-21(18,19)9-8-20-14-6-2-4-12(15)10-14/h2,4,6,10,13,16H,3,5,7-9,11,15H2,1H3. The Morgan fingerprint density at radius 2 is 2.29 bits per heavy atom. The highest BCUT2D eigenvalue weighted by Gasteiger charge is 2.22. The van der Waals surface area contributed by atoms with Crippen molar-refractivity contribution in [2.75, 3.05) is 38.2 Å². The van der Waals surface area contributed by atoms with Crippen LogP contribution in [0.15, 0.2) is 24.3 Å². The molecule has 1 aliphatic rings. The molecule has 0 spiro atoms. The number of hydrogen-bond acceptors (Lipinski definition) is 5. The van der Waals surface area contributed by atoms with E-state index in [1.165, 1.54) is 0 Å². The van der Waals surface area contributed by atoms with E-state index in [4.69, 9.17) is 10.5 Å². The molecule has 1 atom stereocenters. The zero-order chi connectivity index (χ0) is 15.3. The Balaban J connectivity index is 1.73. The summed E-state index contributed by atoms with van der Waals surface area (Å²) in [5.74, 6) is 0.527. The zero-order valence-corrected chi connectivity index (χ0v) is 13.1. The molecule has 2 rings (SSSR count). The van der Waals surface area contributed by atoms with E-state index in [9.17, 15) is 8.42 Å². The first kappa shape index (κ1) is 16.1. The minimum Gasteiger partial charge on any atom is -0.492 e. The maximum absolute atomic E-state index is 11.9. The quantitative estimate of drug-likeness (QED) is 0.723. The molecule has 1 saturated heterocycles. The van der Waals surface area contributed by atoms with E-state index in [1.807, 2.05) is 7.05 Å². The van der Waals surface area contributed by atoms with Gasteiger partial charge in [-0.1, -0.05) is 6.07 Å². The summed E-state index contributed by atoms with van der Waals surface area (Å²) < 4.78 is 31.9. The summed E-state index contributed by atoms with van der Waals surface area (Å²) in [5, 5.41) is 0. The third kappa shape index (κ3) is 5.18. The van der Waals surface area contributed by atoms with Gasteiger partial charge in [0.2, 0.25) is 10.0 Å². The molecule has 1 aromatic rings. The molecule has 0 bridgehead atoms. The smallest absolute Gasteiger partial charge is 0.215 e. The average molecular weight is 313 g/mol. The maximum Gasteiger partial charge on any atom is 0.215 e. The van der Waals surface area contributed by atoms with Gasteiger partial charge in [-0.25, -0.2) is 13.1 Å². The van der Waals surface area contributed by atoms with E-state index in [1.54, 1.807) is 24.3 Å². The number of nitrogens with two attached hydrogens (primary N) is 1. The molecule has 0 aliphatic carbocycles. The summed E-state index contributed by atoms with van der Waals surface area (Å²) in [7, 11) is -1.28. The number of sulfonamides is 1. The first-order valence-electron chi connectivity index (χ1n) is 7.12. The Morgan fingerprint density at radius 3 is 2.95 bits per heavy atom. The molecule has 0 amide bonds. The number of rotatable bonds is 7. The number of ether oxygens (including phenoxy) is 1. The van der Waals surface area contributed by atoms with Gasteiger partial charge >= 0.3 is 0 Å². The van der Waals surface area contributed by atoms with Crippen LogP contribution >= 0.6 is 0 Å². The highest BCUT2D eigenvalue weighted by Crippen LogP contribution is 2.15. The molecule has 0 aromatic heterocycles. The van der Waals surface area contributed by atoms with Crippen LogP contribution in [0, 0.1) is 0 Å². The normalized spacial score (nSPS) is 19.8. The van der Waals surface area contributed by atoms with Crippen molar-refractivity contribution in [3.63, 3.8) is 0 Å². The van der Waals surface area contributed by atoms with Gasteiger partial charge in [-0.3, -0.25) is 0 Å². The molecular formula is C14H23N3O3S. The van der Waals surface area contributed by atoms with E-state index in [-0.39, 0.29) is 12.4 Å². The zero-order valence-electron chi connectivity index (χ0n) is 12.3. The Bertz CT molecular complexity index is 562. The molecule has 6 nitrogen and oxygen atoms in total. The monoisotopic (exact) mass is 313 g/mol. The van der Waals surface area contributed by atoms with E-state index in [2.05, 4.69) is 9.62 Å². The summed E-state index contributed by atoms with van der Waals surface area (Å²) in [5.41, 5.74) is 6.23. The number of likely N-dealkylation sites (N-methyl/N-ethyl adjacent to an activating group) is 1. The SMILES string of the molecule is CN1CCCC1CNS(=O)(=O)CCOc1cccc(N)c1. The highest BCUT2D eigenvalue weighted by molar-refractivity contribution is 7.89. The second kappa shape index (κ2) is 7.11. The number of nitrogens with zero attached hydrogens (tertiary/aromatic N) is 1. The predicted octanol–water partition coefficient (Wildman–Crippen LogP) is 0.661. The highest BCUT2D eigenvalue weighted by atomic mass is 32.2. The van der Waals surface area contributed by atoms with Crippen LogP contribution in [0.3, 0.4) is 0 Å². The van der Waals surface area contributed by atoms with Crippen LogP contribution in [0.25, 0.3) is 0 Å². The lowest BCUT2D eigenvalue weighted by Crippen LogP contribution is -2.39. The Kier molecular flexibility index (Phi) is 5.44. The average Bonchev–Trinajstić information content (AvgIpc) is 2.82. The van der Waals surface area contributed by atoms with Crippen molar-refractivity contribution in [3.05, 3.63) is 24.3 Å². The van der Waals surface area contributed by atoms with Gasteiger partial charge in [-0.05, 0) is 38.6 Å². The van der Waals surface area contributed by atoms with E-state index in [0.29, 0.717) is 24.0 Å². The molecular weight excluding hydrogens is 290 g/mol. The van der Waals surface area contributed by atoms with Gasteiger partial charge in [0.15, 0.2) is 0 Å². The topological polar surface area (TPSA) is 84.7 Å². The first-order chi connectivity index (χ1) is 9.96. The fourth-order valence-electron chi connectivity index (χ4n) is 2.41. The Hall–Kier alpha value is -1.31. The van der Waals surface area contributed by atoms with Crippen LogP contribution < -0.4 is 15.2 Å². The molecule has 118 valence electrons. The summed E-state index contributed by atoms with van der Waals surface area (Å²) in [6, 6.07) is 7.25. The lowest BCUT2D eigenvalue weighted by molar-refractivity contribution is 0.310. The Morgan fingerprint density at radius 1 is 1.48 bits per heavy atom. The number of nitrogens with one attached hydrogen (secondary N) is 1. The van der Waals surface area contributed by atoms with Crippen LogP contribution in [-0.2, 0) is 10.0 Å². The fourth-order valence-corrected chi connectivity index (χ4v) is 3.30. The van der Waals surface area contributed by atoms with Crippen LogP contribution in [0.2, 0.25) is 0 Å². The summed E-state index contributed by atoms with van der Waals surface area (Å²) in [6.45, 7) is 1.61. The van der Waals surface area contributed by atoms with Gasteiger partial charge in [0.25, 0.3) is 0 Å². The van der Waals surface area contributed by atoms with Crippen molar-refractivity contribution < 1.29 is 13.2 Å². The molecule has 1 aliphatic heterocycles. The van der Waals surface area contributed by atoms with Crippen molar-refractivity contribution in [2.45, 2.75) is 18.9 Å². The molecule has 0 radical (unpaired) electrons. The molecule has 1 heterocycles. The van der Waals surface area contributed by atoms with Crippen molar-refractivity contribution in [2.24, 2.45) is 0 Å². The number of hydrogen-bond donors (Lipinski definition) is 2. The van der Waals surface area contributed by atoms with E-state index >= 15 is 0 Å². The lowest BCUT2D eigenvalue weighted by atomic mass is 10.2. The van der Waals surface area contributed by atoms with Gasteiger partial charge in [0, 0.05) is 24.3 Å². The van der Waals surface area contributed by atoms with Gasteiger partial charge in [-0.15, -0.1) is 0 Å². The fraction of sp³-hybridized carbons (Fsp3) is 0.571. The van der Waals surface area contributed by atoms with Crippen molar-refractivity contribution in [3.8, 4) is 5.75 Å². The van der Waals surface area contributed by atoms with Crippen LogP contribution in [0.5, 0.6) is 5.75 Å². The van der Waals surface area contributed by atoms with Gasteiger partial charge in [0.1, 0.15) is 12.4 Å². The van der Waals surface area contributed by atoms with E-state index < -0.39 is 10.0 Å². The number of likely N-dealkylation sites (tertiary alicyclic amines) is 1. The van der Waals surface area contributed by atoms with E-state index in [0.717, 1.165) is 19.4 Å². The lowest BCUT2D eigenvalue weighted by Gasteiger charge is -2.19. The third-order valence-corrected chi connectivity index (χ3v) is 5.00.